The first kappa shape index (κ1) is 14.7. The number of hydrogen-bond donors (Lipinski definition) is 3. The predicted octanol–water partition coefficient (Wildman–Crippen LogP) is -0.198. The van der Waals surface area contributed by atoms with Crippen LogP contribution in [0, 0.1) is 0 Å². The van der Waals surface area contributed by atoms with Crippen molar-refractivity contribution in [3.8, 4) is 0 Å². The quantitative estimate of drug-likeness (QED) is 0.603. The first-order valence-corrected chi connectivity index (χ1v) is 5.70. The summed E-state index contributed by atoms with van der Waals surface area (Å²) < 4.78 is 5.07. The standard InChI is InChI=1S/C11H19NO6/c1-11(2,3)18-10(17)12-5-8(14)7(13)4-6(12)9(15)16/h6-8,13-14H,4-5H2,1-3H3,(H,15,16). The number of piperidine rings is 1. The van der Waals surface area contributed by atoms with Gasteiger partial charge >= 0.3 is 12.1 Å². The number of aliphatic hydroxyl groups excluding tert-OH is 2. The Balaban J connectivity index is 2.82. The van der Waals surface area contributed by atoms with Crippen LogP contribution in [0.2, 0.25) is 0 Å². The Bertz CT molecular complexity index is 337. The Hall–Kier alpha value is -1.34. The zero-order valence-electron chi connectivity index (χ0n) is 10.7. The average Bonchev–Trinajstić information content (AvgIpc) is 2.18. The van der Waals surface area contributed by atoms with E-state index in [4.69, 9.17) is 9.84 Å². The second-order valence-electron chi connectivity index (χ2n) is 5.36. The lowest BCUT2D eigenvalue weighted by Gasteiger charge is -2.38. The van der Waals surface area contributed by atoms with E-state index in [9.17, 15) is 19.8 Å². The molecule has 1 amide bonds. The largest absolute Gasteiger partial charge is 0.480 e. The molecule has 7 heteroatoms. The molecule has 0 saturated carbocycles. The van der Waals surface area contributed by atoms with E-state index in [0.717, 1.165) is 4.90 Å². The fourth-order valence-electron chi connectivity index (χ4n) is 1.72. The number of amides is 1. The molecule has 0 aromatic rings. The van der Waals surface area contributed by atoms with Gasteiger partial charge in [-0.15, -0.1) is 0 Å². The number of nitrogens with zero attached hydrogens (tertiary/aromatic N) is 1. The lowest BCUT2D eigenvalue weighted by atomic mass is 9.98. The first-order valence-electron chi connectivity index (χ1n) is 5.70. The van der Waals surface area contributed by atoms with Crippen molar-refractivity contribution in [2.24, 2.45) is 0 Å². The first-order chi connectivity index (χ1) is 8.11. The third-order valence-corrected chi connectivity index (χ3v) is 2.58. The molecule has 0 bridgehead atoms. The molecule has 0 aromatic heterocycles. The molecule has 1 aliphatic rings. The van der Waals surface area contributed by atoms with Crippen LogP contribution in [0.25, 0.3) is 0 Å². The van der Waals surface area contributed by atoms with Crippen LogP contribution in [0.3, 0.4) is 0 Å². The molecular weight excluding hydrogens is 242 g/mol. The zero-order valence-corrected chi connectivity index (χ0v) is 10.7. The van der Waals surface area contributed by atoms with Crippen LogP contribution < -0.4 is 0 Å². The van der Waals surface area contributed by atoms with E-state index in [-0.39, 0.29) is 13.0 Å². The summed E-state index contributed by atoms with van der Waals surface area (Å²) in [6.45, 7) is 4.73. The maximum Gasteiger partial charge on any atom is 0.411 e. The van der Waals surface area contributed by atoms with Gasteiger partial charge in [-0.3, -0.25) is 4.90 Å². The highest BCUT2D eigenvalue weighted by molar-refractivity contribution is 5.80. The number of hydrogen-bond acceptors (Lipinski definition) is 5. The van der Waals surface area contributed by atoms with Gasteiger partial charge in [0.1, 0.15) is 11.6 Å². The molecule has 0 spiro atoms. The molecule has 0 aliphatic carbocycles. The number of β-amino-alcohol motifs (C(OH)–C–C–N with tert-alkyl or cyclic N) is 1. The van der Waals surface area contributed by atoms with Crippen LogP contribution >= 0.6 is 0 Å². The number of carbonyl (C=O) groups excluding carboxylic acids is 1. The van der Waals surface area contributed by atoms with E-state index in [2.05, 4.69) is 0 Å². The molecule has 7 nitrogen and oxygen atoms in total. The van der Waals surface area contributed by atoms with Crippen molar-refractivity contribution in [1.29, 1.82) is 0 Å². The van der Waals surface area contributed by atoms with Crippen molar-refractivity contribution in [1.82, 2.24) is 4.90 Å². The number of likely N-dealkylation sites (tertiary alicyclic amines) is 1. The van der Waals surface area contributed by atoms with Gasteiger partial charge in [-0.2, -0.15) is 0 Å². The van der Waals surface area contributed by atoms with Crippen molar-refractivity contribution in [2.75, 3.05) is 6.54 Å². The Morgan fingerprint density at radius 1 is 1.22 bits per heavy atom. The number of carboxylic acid groups (broad SMARTS) is 1. The van der Waals surface area contributed by atoms with Gasteiger partial charge in [-0.05, 0) is 20.8 Å². The highest BCUT2D eigenvalue weighted by Crippen LogP contribution is 2.21. The minimum Gasteiger partial charge on any atom is -0.480 e. The number of aliphatic carboxylic acids is 1. The smallest absolute Gasteiger partial charge is 0.411 e. The second kappa shape index (κ2) is 5.11. The molecule has 3 N–H and O–H groups in total. The molecule has 18 heavy (non-hydrogen) atoms. The SMILES string of the molecule is CC(C)(C)OC(=O)N1CC(O)C(O)CC1C(=O)O. The molecule has 1 aliphatic heterocycles. The van der Waals surface area contributed by atoms with E-state index in [0.29, 0.717) is 0 Å². The molecule has 104 valence electrons. The van der Waals surface area contributed by atoms with Crippen molar-refractivity contribution >= 4 is 12.1 Å². The summed E-state index contributed by atoms with van der Waals surface area (Å²) in [5.74, 6) is -1.23. The summed E-state index contributed by atoms with van der Waals surface area (Å²) in [7, 11) is 0. The monoisotopic (exact) mass is 261 g/mol. The molecular formula is C11H19NO6. The Kier molecular flexibility index (Phi) is 4.18. The van der Waals surface area contributed by atoms with Gasteiger partial charge in [0.05, 0.1) is 18.8 Å². The molecule has 0 aromatic carbocycles. The van der Waals surface area contributed by atoms with E-state index in [1.54, 1.807) is 20.8 Å². The van der Waals surface area contributed by atoms with Gasteiger partial charge < -0.3 is 20.1 Å². The van der Waals surface area contributed by atoms with Crippen LogP contribution in [-0.4, -0.2) is 62.7 Å². The third kappa shape index (κ3) is 3.58. The molecule has 3 atom stereocenters. The van der Waals surface area contributed by atoms with Crippen molar-refractivity contribution in [3.05, 3.63) is 0 Å². The van der Waals surface area contributed by atoms with E-state index < -0.39 is 35.9 Å². The molecule has 3 unspecified atom stereocenters. The fourth-order valence-corrected chi connectivity index (χ4v) is 1.72. The maximum atomic E-state index is 11.8. The lowest BCUT2D eigenvalue weighted by molar-refractivity contribution is -0.150. The minimum absolute atomic E-state index is 0.213. The number of carbonyl (C=O) groups is 2. The number of aliphatic hydroxyl groups is 2. The molecule has 0 radical (unpaired) electrons. The lowest BCUT2D eigenvalue weighted by Crippen LogP contribution is -2.58. The molecule has 1 heterocycles. The topological polar surface area (TPSA) is 107 Å². The Labute approximate surface area is 105 Å². The van der Waals surface area contributed by atoms with Crippen molar-refractivity contribution in [2.45, 2.75) is 51.0 Å². The van der Waals surface area contributed by atoms with Crippen LogP contribution in [0.5, 0.6) is 0 Å². The summed E-state index contributed by atoms with van der Waals surface area (Å²) in [6.07, 6.45) is -3.32. The van der Waals surface area contributed by atoms with Crippen molar-refractivity contribution in [3.63, 3.8) is 0 Å². The van der Waals surface area contributed by atoms with Gasteiger partial charge in [-0.1, -0.05) is 0 Å². The van der Waals surface area contributed by atoms with E-state index >= 15 is 0 Å². The number of ether oxygens (including phenoxy) is 1. The average molecular weight is 261 g/mol. The highest BCUT2D eigenvalue weighted by Gasteiger charge is 2.41. The summed E-state index contributed by atoms with van der Waals surface area (Å²) in [4.78, 5) is 23.8. The van der Waals surface area contributed by atoms with Crippen LogP contribution in [-0.2, 0) is 9.53 Å². The summed E-state index contributed by atoms with van der Waals surface area (Å²) in [6, 6.07) is -1.18. The van der Waals surface area contributed by atoms with E-state index in [1.807, 2.05) is 0 Å². The normalized spacial score (nSPS) is 28.9. The number of rotatable bonds is 1. The minimum atomic E-state index is -1.23. The van der Waals surface area contributed by atoms with Crippen LogP contribution in [0.4, 0.5) is 4.79 Å². The molecule has 1 saturated heterocycles. The molecule has 1 rings (SSSR count). The third-order valence-electron chi connectivity index (χ3n) is 2.58. The Morgan fingerprint density at radius 2 is 1.78 bits per heavy atom. The van der Waals surface area contributed by atoms with Gasteiger partial charge in [0.2, 0.25) is 0 Å². The predicted molar refractivity (Wildman–Crippen MR) is 61.0 cm³/mol. The van der Waals surface area contributed by atoms with Crippen LogP contribution in [0.1, 0.15) is 27.2 Å². The molecule has 1 fully saturated rings. The van der Waals surface area contributed by atoms with Gasteiger partial charge in [-0.25, -0.2) is 9.59 Å². The van der Waals surface area contributed by atoms with E-state index in [1.165, 1.54) is 0 Å². The summed E-state index contributed by atoms with van der Waals surface area (Å²) >= 11 is 0. The second-order valence-corrected chi connectivity index (χ2v) is 5.36. The highest BCUT2D eigenvalue weighted by atomic mass is 16.6. The van der Waals surface area contributed by atoms with Crippen LogP contribution in [0.15, 0.2) is 0 Å². The number of carboxylic acids is 1. The summed E-state index contributed by atoms with van der Waals surface area (Å²) in [5, 5.41) is 28.0. The Morgan fingerprint density at radius 3 is 2.22 bits per heavy atom. The van der Waals surface area contributed by atoms with Gasteiger partial charge in [0, 0.05) is 6.42 Å². The maximum absolute atomic E-state index is 11.8. The fraction of sp³-hybridized carbons (Fsp3) is 0.818. The zero-order chi connectivity index (χ0) is 14.1. The summed E-state index contributed by atoms with van der Waals surface area (Å²) in [5.41, 5.74) is -0.749. The van der Waals surface area contributed by atoms with Gasteiger partial charge in [0.25, 0.3) is 0 Å². The van der Waals surface area contributed by atoms with Crippen molar-refractivity contribution < 1.29 is 29.6 Å². The van der Waals surface area contributed by atoms with Gasteiger partial charge in [0.15, 0.2) is 0 Å².